The van der Waals surface area contributed by atoms with Crippen molar-refractivity contribution in [3.05, 3.63) is 0 Å². The van der Waals surface area contributed by atoms with Crippen molar-refractivity contribution in [1.82, 2.24) is 4.90 Å². The molecule has 0 N–H and O–H groups in total. The molecule has 2 fully saturated rings. The highest BCUT2D eigenvalue weighted by Crippen LogP contribution is 2.47. The summed E-state index contributed by atoms with van der Waals surface area (Å²) in [4.78, 5) is 2.56. The van der Waals surface area contributed by atoms with Crippen molar-refractivity contribution in [2.24, 2.45) is 5.41 Å². The SMILES string of the molecule is CC1CN(CC2(CBr)CC2)CCO1. The number of morpholine rings is 1. The number of nitrogens with zero attached hydrogens (tertiary/aromatic N) is 1. The largest absolute Gasteiger partial charge is 0.376 e. The van der Waals surface area contributed by atoms with Gasteiger partial charge in [-0.3, -0.25) is 4.90 Å². The van der Waals surface area contributed by atoms with Crippen LogP contribution in [0.25, 0.3) is 0 Å². The average Bonchev–Trinajstić information content (AvgIpc) is 2.86. The molecular weight excluding hydrogens is 230 g/mol. The lowest BCUT2D eigenvalue weighted by Crippen LogP contribution is -2.44. The summed E-state index contributed by atoms with van der Waals surface area (Å²) in [5.41, 5.74) is 0.622. The van der Waals surface area contributed by atoms with Crippen LogP contribution in [-0.4, -0.2) is 42.6 Å². The maximum Gasteiger partial charge on any atom is 0.0674 e. The Morgan fingerprint density at radius 2 is 2.31 bits per heavy atom. The topological polar surface area (TPSA) is 12.5 Å². The summed E-state index contributed by atoms with van der Waals surface area (Å²) in [7, 11) is 0. The molecule has 1 saturated heterocycles. The lowest BCUT2D eigenvalue weighted by Gasteiger charge is -2.33. The van der Waals surface area contributed by atoms with E-state index in [9.17, 15) is 0 Å². The van der Waals surface area contributed by atoms with E-state index in [2.05, 4.69) is 27.8 Å². The van der Waals surface area contributed by atoms with E-state index in [1.807, 2.05) is 0 Å². The minimum atomic E-state index is 0.430. The molecule has 1 aliphatic carbocycles. The van der Waals surface area contributed by atoms with Gasteiger partial charge in [0, 0.05) is 25.0 Å². The molecule has 0 aromatic heterocycles. The van der Waals surface area contributed by atoms with Gasteiger partial charge in [-0.05, 0) is 25.2 Å². The van der Waals surface area contributed by atoms with E-state index >= 15 is 0 Å². The standard InChI is InChI=1S/C10H18BrNO/c1-9-6-12(4-5-13-9)8-10(7-11)2-3-10/h9H,2-8H2,1H3. The molecule has 0 amide bonds. The van der Waals surface area contributed by atoms with Crippen LogP contribution in [0, 0.1) is 5.41 Å². The molecule has 1 unspecified atom stereocenters. The van der Waals surface area contributed by atoms with E-state index in [-0.39, 0.29) is 0 Å². The van der Waals surface area contributed by atoms with Gasteiger partial charge in [0.15, 0.2) is 0 Å². The van der Waals surface area contributed by atoms with Gasteiger partial charge in [0.1, 0.15) is 0 Å². The molecule has 2 rings (SSSR count). The fourth-order valence-corrected chi connectivity index (χ4v) is 2.76. The van der Waals surface area contributed by atoms with E-state index in [1.54, 1.807) is 0 Å². The summed E-state index contributed by atoms with van der Waals surface area (Å²) in [6, 6.07) is 0. The third kappa shape index (κ3) is 2.45. The molecule has 3 heteroatoms. The Labute approximate surface area is 88.8 Å². The molecule has 2 nitrogen and oxygen atoms in total. The van der Waals surface area contributed by atoms with Crippen LogP contribution in [-0.2, 0) is 4.74 Å². The second-order valence-corrected chi connectivity index (χ2v) is 5.11. The second-order valence-electron chi connectivity index (χ2n) is 4.55. The quantitative estimate of drug-likeness (QED) is 0.707. The zero-order chi connectivity index (χ0) is 9.31. The number of halogens is 1. The van der Waals surface area contributed by atoms with Crippen molar-refractivity contribution in [1.29, 1.82) is 0 Å². The van der Waals surface area contributed by atoms with Gasteiger partial charge in [-0.2, -0.15) is 0 Å². The third-order valence-corrected chi connectivity index (χ3v) is 4.31. The van der Waals surface area contributed by atoms with Gasteiger partial charge < -0.3 is 4.74 Å². The molecule has 0 spiro atoms. The van der Waals surface area contributed by atoms with Crippen molar-refractivity contribution in [2.75, 3.05) is 31.6 Å². The summed E-state index contributed by atoms with van der Waals surface area (Å²) in [6.07, 6.45) is 3.24. The zero-order valence-electron chi connectivity index (χ0n) is 8.26. The predicted molar refractivity (Wildman–Crippen MR) is 57.3 cm³/mol. The highest BCUT2D eigenvalue weighted by Gasteiger charge is 2.43. The molecule has 0 radical (unpaired) electrons. The van der Waals surface area contributed by atoms with E-state index in [0.29, 0.717) is 11.5 Å². The van der Waals surface area contributed by atoms with Gasteiger partial charge in [0.25, 0.3) is 0 Å². The van der Waals surface area contributed by atoms with Gasteiger partial charge in [-0.15, -0.1) is 0 Å². The Morgan fingerprint density at radius 3 is 2.85 bits per heavy atom. The number of ether oxygens (including phenoxy) is 1. The van der Waals surface area contributed by atoms with Crippen LogP contribution in [0.1, 0.15) is 19.8 Å². The van der Waals surface area contributed by atoms with E-state index < -0.39 is 0 Å². The number of hydrogen-bond donors (Lipinski definition) is 0. The molecule has 1 saturated carbocycles. The zero-order valence-corrected chi connectivity index (χ0v) is 9.85. The van der Waals surface area contributed by atoms with Gasteiger partial charge in [0.05, 0.1) is 12.7 Å². The minimum Gasteiger partial charge on any atom is -0.376 e. The van der Waals surface area contributed by atoms with Crippen LogP contribution in [0.2, 0.25) is 0 Å². The van der Waals surface area contributed by atoms with Gasteiger partial charge in [-0.1, -0.05) is 15.9 Å². The van der Waals surface area contributed by atoms with Gasteiger partial charge >= 0.3 is 0 Å². The summed E-state index contributed by atoms with van der Waals surface area (Å²) in [5, 5.41) is 1.17. The van der Waals surface area contributed by atoms with Crippen molar-refractivity contribution >= 4 is 15.9 Å². The highest BCUT2D eigenvalue weighted by molar-refractivity contribution is 9.09. The lowest BCUT2D eigenvalue weighted by atomic mass is 10.1. The first-order valence-electron chi connectivity index (χ1n) is 5.14. The second kappa shape index (κ2) is 3.87. The van der Waals surface area contributed by atoms with Crippen LogP contribution >= 0.6 is 15.9 Å². The van der Waals surface area contributed by atoms with Crippen LogP contribution in [0.5, 0.6) is 0 Å². The highest BCUT2D eigenvalue weighted by atomic mass is 79.9. The van der Waals surface area contributed by atoms with E-state index in [0.717, 1.165) is 19.7 Å². The van der Waals surface area contributed by atoms with Crippen molar-refractivity contribution in [2.45, 2.75) is 25.9 Å². The Bertz CT molecular complexity index is 182. The Balaban J connectivity index is 1.80. The molecule has 2 aliphatic rings. The molecule has 0 aromatic carbocycles. The summed E-state index contributed by atoms with van der Waals surface area (Å²) in [5.74, 6) is 0. The summed E-state index contributed by atoms with van der Waals surface area (Å²) >= 11 is 3.62. The molecule has 0 bridgehead atoms. The molecule has 76 valence electrons. The summed E-state index contributed by atoms with van der Waals surface area (Å²) in [6.45, 7) is 6.60. The number of rotatable bonds is 3. The molecular formula is C10H18BrNO. The molecule has 0 aromatic rings. The molecule has 1 aliphatic heterocycles. The fraction of sp³-hybridized carbons (Fsp3) is 1.00. The van der Waals surface area contributed by atoms with E-state index in [1.165, 1.54) is 24.7 Å². The molecule has 13 heavy (non-hydrogen) atoms. The first-order valence-corrected chi connectivity index (χ1v) is 6.26. The summed E-state index contributed by atoms with van der Waals surface area (Å²) < 4.78 is 5.52. The first-order chi connectivity index (χ1) is 6.24. The minimum absolute atomic E-state index is 0.430. The Morgan fingerprint density at radius 1 is 1.54 bits per heavy atom. The number of hydrogen-bond acceptors (Lipinski definition) is 2. The average molecular weight is 248 g/mol. The van der Waals surface area contributed by atoms with Gasteiger partial charge in [0.2, 0.25) is 0 Å². The van der Waals surface area contributed by atoms with Crippen LogP contribution in [0.15, 0.2) is 0 Å². The molecule has 1 heterocycles. The maximum atomic E-state index is 5.52. The first kappa shape index (κ1) is 9.94. The lowest BCUT2D eigenvalue weighted by molar-refractivity contribution is -0.0234. The van der Waals surface area contributed by atoms with Crippen LogP contribution in [0.3, 0.4) is 0 Å². The fourth-order valence-electron chi connectivity index (χ4n) is 2.02. The van der Waals surface area contributed by atoms with Crippen molar-refractivity contribution < 1.29 is 4.74 Å². The molecule has 1 atom stereocenters. The number of alkyl halides is 1. The Kier molecular flexibility index (Phi) is 2.96. The van der Waals surface area contributed by atoms with Crippen molar-refractivity contribution in [3.63, 3.8) is 0 Å². The van der Waals surface area contributed by atoms with E-state index in [4.69, 9.17) is 4.74 Å². The smallest absolute Gasteiger partial charge is 0.0674 e. The van der Waals surface area contributed by atoms with Crippen LogP contribution < -0.4 is 0 Å². The van der Waals surface area contributed by atoms with Crippen molar-refractivity contribution in [3.8, 4) is 0 Å². The Hall–Kier alpha value is 0.400. The van der Waals surface area contributed by atoms with Gasteiger partial charge in [-0.25, -0.2) is 0 Å². The monoisotopic (exact) mass is 247 g/mol. The third-order valence-electron chi connectivity index (χ3n) is 3.12. The maximum absolute atomic E-state index is 5.52. The normalized spacial score (nSPS) is 33.2. The van der Waals surface area contributed by atoms with Crippen LogP contribution in [0.4, 0.5) is 0 Å². The predicted octanol–water partition coefficient (Wildman–Crippen LogP) is 1.88.